The Morgan fingerprint density at radius 1 is 1.53 bits per heavy atom. The number of carbonyl (C=O) groups is 1. The predicted octanol–water partition coefficient (Wildman–Crippen LogP) is 2.36. The molecular formula is C8H7N5OS. The summed E-state index contributed by atoms with van der Waals surface area (Å²) in [7, 11) is 0. The van der Waals surface area contributed by atoms with Crippen LogP contribution in [-0.2, 0) is 0 Å². The summed E-state index contributed by atoms with van der Waals surface area (Å²) >= 11 is 1.55. The number of benzene rings is 1. The van der Waals surface area contributed by atoms with Crippen molar-refractivity contribution in [3.05, 3.63) is 23.7 Å². The van der Waals surface area contributed by atoms with Crippen LogP contribution >= 0.6 is 11.3 Å². The summed E-state index contributed by atoms with van der Waals surface area (Å²) in [6.45, 7) is 0. The Balaban J connectivity index is 2.14. The zero-order valence-corrected chi connectivity index (χ0v) is 8.34. The molecule has 7 heteroatoms. The molecule has 3 N–H and O–H groups in total. The van der Waals surface area contributed by atoms with Crippen molar-refractivity contribution in [2.75, 3.05) is 5.43 Å². The van der Waals surface area contributed by atoms with Crippen LogP contribution in [0.15, 0.2) is 28.8 Å². The first-order chi connectivity index (χ1) is 7.29. The standard InChI is InChI=1S/C8H7N5OS/c9-11-8(14)13-12-5-1-2-7-6(3-5)10-4-15-7/h1-4,9,12H,(H,13,14). The largest absolute Gasteiger partial charge is 0.377 e. The summed E-state index contributed by atoms with van der Waals surface area (Å²) in [6, 6.07) is 4.77. The third-order valence-electron chi connectivity index (χ3n) is 1.75. The van der Waals surface area contributed by atoms with Gasteiger partial charge in [0.2, 0.25) is 0 Å². The van der Waals surface area contributed by atoms with Crippen LogP contribution in [0.1, 0.15) is 0 Å². The maximum Gasteiger partial charge on any atom is 0.377 e. The molecule has 76 valence electrons. The predicted molar refractivity (Wildman–Crippen MR) is 56.9 cm³/mol. The molecule has 0 spiro atoms. The number of nitrogens with zero attached hydrogens (tertiary/aromatic N) is 2. The Morgan fingerprint density at radius 3 is 3.20 bits per heavy atom. The Hall–Kier alpha value is -2.02. The molecule has 2 aromatic rings. The Labute approximate surface area is 88.8 Å². The number of urea groups is 1. The lowest BCUT2D eigenvalue weighted by Gasteiger charge is -2.04. The molecule has 0 aliphatic carbocycles. The van der Waals surface area contributed by atoms with Crippen molar-refractivity contribution in [3.63, 3.8) is 0 Å². The summed E-state index contributed by atoms with van der Waals surface area (Å²) < 4.78 is 1.08. The monoisotopic (exact) mass is 221 g/mol. The second-order valence-corrected chi connectivity index (χ2v) is 3.59. The van der Waals surface area contributed by atoms with Crippen molar-refractivity contribution in [2.45, 2.75) is 0 Å². The van der Waals surface area contributed by atoms with Gasteiger partial charge in [-0.15, -0.1) is 11.3 Å². The van der Waals surface area contributed by atoms with E-state index in [4.69, 9.17) is 5.53 Å². The number of hydrogen-bond acceptors (Lipinski definition) is 5. The highest BCUT2D eigenvalue weighted by molar-refractivity contribution is 7.16. The fraction of sp³-hybridized carbons (Fsp3) is 0. The van der Waals surface area contributed by atoms with Crippen LogP contribution in [0.2, 0.25) is 0 Å². The number of fused-ring (bicyclic) bond motifs is 1. The molecule has 2 rings (SSSR count). The molecule has 1 aromatic carbocycles. The van der Waals surface area contributed by atoms with Crippen molar-refractivity contribution in [3.8, 4) is 0 Å². The van der Waals surface area contributed by atoms with E-state index in [-0.39, 0.29) is 0 Å². The van der Waals surface area contributed by atoms with Crippen LogP contribution in [0.5, 0.6) is 0 Å². The average molecular weight is 221 g/mol. The number of anilines is 1. The molecule has 6 nitrogen and oxygen atoms in total. The summed E-state index contributed by atoms with van der Waals surface area (Å²) in [5.74, 6) is 0. The molecule has 0 saturated heterocycles. The fourth-order valence-corrected chi connectivity index (χ4v) is 1.75. The lowest BCUT2D eigenvalue weighted by atomic mass is 10.3. The Kier molecular flexibility index (Phi) is 2.55. The second-order valence-electron chi connectivity index (χ2n) is 2.70. The van der Waals surface area contributed by atoms with Crippen molar-refractivity contribution >= 4 is 33.3 Å². The van der Waals surface area contributed by atoms with Crippen molar-refractivity contribution in [1.29, 1.82) is 5.53 Å². The lowest BCUT2D eigenvalue weighted by Crippen LogP contribution is -2.25. The molecule has 15 heavy (non-hydrogen) atoms. The number of carbonyl (C=O) groups excluding carboxylic acids is 1. The van der Waals surface area contributed by atoms with Crippen LogP contribution in [-0.4, -0.2) is 11.0 Å². The number of aromatic nitrogens is 1. The van der Waals surface area contributed by atoms with Gasteiger partial charge in [0.15, 0.2) is 0 Å². The number of hydrazine groups is 1. The van der Waals surface area contributed by atoms with Gasteiger partial charge >= 0.3 is 6.03 Å². The van der Waals surface area contributed by atoms with Gasteiger partial charge in [-0.05, 0) is 18.2 Å². The van der Waals surface area contributed by atoms with Crippen LogP contribution < -0.4 is 10.9 Å². The van der Waals surface area contributed by atoms with Gasteiger partial charge in [0.05, 0.1) is 21.4 Å². The van der Waals surface area contributed by atoms with E-state index in [1.54, 1.807) is 22.9 Å². The van der Waals surface area contributed by atoms with Crippen LogP contribution in [0.25, 0.3) is 10.2 Å². The molecule has 0 bridgehead atoms. The van der Waals surface area contributed by atoms with E-state index in [1.165, 1.54) is 0 Å². The van der Waals surface area contributed by atoms with Crippen molar-refractivity contribution in [1.82, 2.24) is 10.4 Å². The van der Waals surface area contributed by atoms with Gasteiger partial charge in [0.1, 0.15) is 0 Å². The third kappa shape index (κ3) is 2.08. The van der Waals surface area contributed by atoms with E-state index >= 15 is 0 Å². The summed E-state index contributed by atoms with van der Waals surface area (Å²) in [6.07, 6.45) is 0. The van der Waals surface area contributed by atoms with Crippen LogP contribution in [0, 0.1) is 5.53 Å². The molecule has 0 aliphatic heterocycles. The summed E-state index contributed by atoms with van der Waals surface area (Å²) in [5, 5.41) is 2.68. The Morgan fingerprint density at radius 2 is 2.40 bits per heavy atom. The van der Waals surface area contributed by atoms with Crippen molar-refractivity contribution < 1.29 is 4.79 Å². The van der Waals surface area contributed by atoms with E-state index in [9.17, 15) is 4.79 Å². The molecule has 2 amide bonds. The molecule has 0 saturated carbocycles. The van der Waals surface area contributed by atoms with Gasteiger partial charge in [0.25, 0.3) is 0 Å². The highest BCUT2D eigenvalue weighted by atomic mass is 32.1. The molecular weight excluding hydrogens is 214 g/mol. The van der Waals surface area contributed by atoms with Crippen molar-refractivity contribution in [2.24, 2.45) is 5.11 Å². The quantitative estimate of drug-likeness (QED) is 0.537. The first-order valence-electron chi connectivity index (χ1n) is 4.06. The second kappa shape index (κ2) is 4.01. The summed E-state index contributed by atoms with van der Waals surface area (Å²) in [4.78, 5) is 14.8. The van der Waals surface area contributed by atoms with E-state index < -0.39 is 6.03 Å². The minimum absolute atomic E-state index is 0.699. The average Bonchev–Trinajstić information content (AvgIpc) is 2.72. The normalized spacial score (nSPS) is 9.87. The zero-order valence-electron chi connectivity index (χ0n) is 7.52. The highest BCUT2D eigenvalue weighted by Gasteiger charge is 1.99. The van der Waals surface area contributed by atoms with Gasteiger partial charge < -0.3 is 0 Å². The number of hydrogen-bond donors (Lipinski definition) is 3. The molecule has 0 aliphatic rings. The van der Waals surface area contributed by atoms with Gasteiger partial charge in [0, 0.05) is 0 Å². The van der Waals surface area contributed by atoms with E-state index in [2.05, 4.69) is 20.9 Å². The maximum atomic E-state index is 10.7. The minimum Gasteiger partial charge on any atom is -0.297 e. The number of thiazole rings is 1. The number of nitrogens with one attached hydrogen (secondary N) is 3. The molecule has 0 atom stereocenters. The third-order valence-corrected chi connectivity index (χ3v) is 2.56. The van der Waals surface area contributed by atoms with E-state index in [1.807, 2.05) is 12.1 Å². The van der Waals surface area contributed by atoms with Crippen LogP contribution in [0.3, 0.4) is 0 Å². The van der Waals surface area contributed by atoms with Crippen LogP contribution in [0.4, 0.5) is 10.5 Å². The smallest absolute Gasteiger partial charge is 0.297 e. The van der Waals surface area contributed by atoms with Gasteiger partial charge in [-0.25, -0.2) is 15.2 Å². The molecule has 0 radical (unpaired) electrons. The zero-order chi connectivity index (χ0) is 10.7. The van der Waals surface area contributed by atoms with E-state index in [0.29, 0.717) is 5.69 Å². The fourth-order valence-electron chi connectivity index (χ4n) is 1.09. The Bertz CT molecular complexity index is 508. The molecule has 1 heterocycles. The van der Waals surface area contributed by atoms with E-state index in [0.717, 1.165) is 10.2 Å². The molecule has 1 aromatic heterocycles. The lowest BCUT2D eigenvalue weighted by molar-refractivity contribution is 0.249. The molecule has 0 unspecified atom stereocenters. The first kappa shape index (κ1) is 9.53. The minimum atomic E-state index is -0.742. The van der Waals surface area contributed by atoms with Gasteiger partial charge in [-0.2, -0.15) is 5.53 Å². The maximum absolute atomic E-state index is 10.7. The van der Waals surface area contributed by atoms with Gasteiger partial charge in [-0.3, -0.25) is 5.43 Å². The summed E-state index contributed by atoms with van der Waals surface area (Å²) in [5.41, 5.74) is 14.6. The SMILES string of the molecule is N=NC(=O)NNc1ccc2scnc2c1. The van der Waals surface area contributed by atoms with Gasteiger partial charge in [-0.1, -0.05) is 5.11 Å². The number of amides is 2. The highest BCUT2D eigenvalue weighted by Crippen LogP contribution is 2.20. The first-order valence-corrected chi connectivity index (χ1v) is 4.94. The molecule has 0 fully saturated rings. The number of rotatable bonds is 2. The topological polar surface area (TPSA) is 90.2 Å².